The van der Waals surface area contributed by atoms with E-state index in [1.54, 1.807) is 0 Å². The van der Waals surface area contributed by atoms with Crippen LogP contribution in [-0.4, -0.2) is 48.0 Å². The van der Waals surface area contributed by atoms with Gasteiger partial charge in [0.1, 0.15) is 18.9 Å². The number of amides is 3. The molecule has 0 aliphatic carbocycles. The summed E-state index contributed by atoms with van der Waals surface area (Å²) < 4.78 is 5.25. The third-order valence-electron chi connectivity index (χ3n) is 5.12. The molecule has 1 heterocycles. The molecule has 0 bridgehead atoms. The van der Waals surface area contributed by atoms with Gasteiger partial charge in [-0.25, -0.2) is 4.79 Å². The number of carbonyl (C=O) groups excluding carboxylic acids is 3. The maximum atomic E-state index is 13.0. The number of rotatable bonds is 12. The molecule has 1 aromatic carbocycles. The first-order chi connectivity index (χ1) is 15.3. The van der Waals surface area contributed by atoms with Crippen molar-refractivity contribution < 1.29 is 24.2 Å². The Morgan fingerprint density at radius 2 is 2.00 bits per heavy atom. The molecule has 1 unspecified atom stereocenters. The Labute approximate surface area is 189 Å². The monoisotopic (exact) mass is 446 g/mol. The minimum Gasteiger partial charge on any atom is -0.445 e. The lowest BCUT2D eigenvalue weighted by Crippen LogP contribution is -2.56. The van der Waals surface area contributed by atoms with Crippen LogP contribution in [0.4, 0.5) is 4.79 Å². The third-order valence-corrected chi connectivity index (χ3v) is 5.12. The number of carbonyl (C=O) groups is 3. The standard InChI is InChI=1S/C23H34N4O5/c1-4-20(28)26-19(13-17-10-11-24-21(17)29)27-22(30)18(12-15(2)3)25-23(31)32-14-16-8-6-5-7-9-16/h4-9,15,17-20,26,28H,1,10-14H2,2-3H3,(H,24,29)(H,25,31)(H,27,30)/t17-,18-,19-,20?/m0/s1. The minimum absolute atomic E-state index is 0.0829. The van der Waals surface area contributed by atoms with Gasteiger partial charge in [-0.05, 0) is 36.8 Å². The number of aliphatic hydroxyl groups is 1. The molecule has 32 heavy (non-hydrogen) atoms. The molecule has 0 aromatic heterocycles. The number of aliphatic hydroxyl groups excluding tert-OH is 1. The van der Waals surface area contributed by atoms with Gasteiger partial charge in [0, 0.05) is 12.5 Å². The summed E-state index contributed by atoms with van der Waals surface area (Å²) in [6.45, 7) is 8.08. The van der Waals surface area contributed by atoms with Crippen LogP contribution in [0.3, 0.4) is 0 Å². The Kier molecular flexibility index (Phi) is 10.2. The van der Waals surface area contributed by atoms with Gasteiger partial charge in [0.15, 0.2) is 0 Å². The van der Waals surface area contributed by atoms with Crippen LogP contribution in [0.25, 0.3) is 0 Å². The molecule has 9 nitrogen and oxygen atoms in total. The molecule has 176 valence electrons. The van der Waals surface area contributed by atoms with Crippen LogP contribution in [0.15, 0.2) is 43.0 Å². The van der Waals surface area contributed by atoms with E-state index in [9.17, 15) is 19.5 Å². The fraction of sp³-hybridized carbons (Fsp3) is 0.522. The summed E-state index contributed by atoms with van der Waals surface area (Å²) in [5, 5.41) is 21.0. The maximum Gasteiger partial charge on any atom is 0.408 e. The summed E-state index contributed by atoms with van der Waals surface area (Å²) in [5.41, 5.74) is 0.838. The van der Waals surface area contributed by atoms with Gasteiger partial charge in [0.25, 0.3) is 0 Å². The van der Waals surface area contributed by atoms with Crippen molar-refractivity contribution in [1.29, 1.82) is 0 Å². The molecule has 9 heteroatoms. The molecular formula is C23H34N4O5. The first kappa shape index (κ1) is 25.4. The largest absolute Gasteiger partial charge is 0.445 e. The zero-order chi connectivity index (χ0) is 23.5. The van der Waals surface area contributed by atoms with Crippen molar-refractivity contribution in [3.8, 4) is 0 Å². The number of benzene rings is 1. The zero-order valence-electron chi connectivity index (χ0n) is 18.7. The van der Waals surface area contributed by atoms with E-state index < -0.39 is 30.4 Å². The summed E-state index contributed by atoms with van der Waals surface area (Å²) in [5.74, 6) is -0.661. The number of hydrogen-bond donors (Lipinski definition) is 5. The van der Waals surface area contributed by atoms with Crippen LogP contribution in [0.2, 0.25) is 0 Å². The quantitative estimate of drug-likeness (QED) is 0.244. The Bertz CT molecular complexity index is 771. The number of nitrogens with one attached hydrogen (secondary N) is 4. The summed E-state index contributed by atoms with van der Waals surface area (Å²) in [6, 6.07) is 8.41. The second-order valence-corrected chi connectivity index (χ2v) is 8.31. The van der Waals surface area contributed by atoms with E-state index in [2.05, 4.69) is 27.8 Å². The van der Waals surface area contributed by atoms with Crippen LogP contribution >= 0.6 is 0 Å². The molecule has 1 aliphatic rings. The second-order valence-electron chi connectivity index (χ2n) is 8.31. The van der Waals surface area contributed by atoms with E-state index in [1.807, 2.05) is 44.2 Å². The van der Waals surface area contributed by atoms with Crippen molar-refractivity contribution in [1.82, 2.24) is 21.3 Å². The molecule has 2 rings (SSSR count). The Morgan fingerprint density at radius 3 is 2.59 bits per heavy atom. The first-order valence-electron chi connectivity index (χ1n) is 10.9. The van der Waals surface area contributed by atoms with Crippen LogP contribution in [0, 0.1) is 11.8 Å². The van der Waals surface area contributed by atoms with Gasteiger partial charge in [-0.15, -0.1) is 0 Å². The zero-order valence-corrected chi connectivity index (χ0v) is 18.7. The average molecular weight is 447 g/mol. The highest BCUT2D eigenvalue weighted by Crippen LogP contribution is 2.16. The first-order valence-corrected chi connectivity index (χ1v) is 10.9. The molecule has 0 saturated carbocycles. The highest BCUT2D eigenvalue weighted by atomic mass is 16.5. The van der Waals surface area contributed by atoms with E-state index in [-0.39, 0.29) is 24.3 Å². The summed E-state index contributed by atoms with van der Waals surface area (Å²) in [4.78, 5) is 37.3. The predicted octanol–water partition coefficient (Wildman–Crippen LogP) is 1.39. The summed E-state index contributed by atoms with van der Waals surface area (Å²) in [7, 11) is 0. The van der Waals surface area contributed by atoms with Crippen molar-refractivity contribution >= 4 is 17.9 Å². The number of ether oxygens (including phenoxy) is 1. The van der Waals surface area contributed by atoms with E-state index in [1.165, 1.54) is 6.08 Å². The molecule has 0 radical (unpaired) electrons. The van der Waals surface area contributed by atoms with Crippen LogP contribution in [0.5, 0.6) is 0 Å². The van der Waals surface area contributed by atoms with Gasteiger partial charge < -0.3 is 25.8 Å². The average Bonchev–Trinajstić information content (AvgIpc) is 3.16. The van der Waals surface area contributed by atoms with Gasteiger partial charge in [-0.1, -0.05) is 50.8 Å². The van der Waals surface area contributed by atoms with E-state index in [4.69, 9.17) is 4.74 Å². The van der Waals surface area contributed by atoms with E-state index in [0.717, 1.165) is 5.56 Å². The lowest BCUT2D eigenvalue weighted by molar-refractivity contribution is -0.126. The molecule has 5 N–H and O–H groups in total. The molecular weight excluding hydrogens is 412 g/mol. The van der Waals surface area contributed by atoms with Crippen molar-refractivity contribution in [2.24, 2.45) is 11.8 Å². The van der Waals surface area contributed by atoms with Crippen molar-refractivity contribution in [2.75, 3.05) is 6.54 Å². The summed E-state index contributed by atoms with van der Waals surface area (Å²) in [6.07, 6.45) is 0.205. The van der Waals surface area contributed by atoms with Crippen molar-refractivity contribution in [3.63, 3.8) is 0 Å². The highest BCUT2D eigenvalue weighted by Gasteiger charge is 2.30. The lowest BCUT2D eigenvalue weighted by atomic mass is 10.0. The third kappa shape index (κ3) is 8.68. The predicted molar refractivity (Wildman–Crippen MR) is 120 cm³/mol. The van der Waals surface area contributed by atoms with Gasteiger partial charge in [-0.3, -0.25) is 14.9 Å². The molecule has 1 fully saturated rings. The van der Waals surface area contributed by atoms with Gasteiger partial charge >= 0.3 is 6.09 Å². The Balaban J connectivity index is 1.99. The normalized spacial score (nSPS) is 18.4. The second kappa shape index (κ2) is 12.8. The number of alkyl carbamates (subject to hydrolysis) is 1. The minimum atomic E-state index is -1.06. The molecule has 1 saturated heterocycles. The summed E-state index contributed by atoms with van der Waals surface area (Å²) >= 11 is 0. The van der Waals surface area contributed by atoms with Gasteiger partial charge in [0.2, 0.25) is 11.8 Å². The lowest BCUT2D eigenvalue weighted by Gasteiger charge is -2.27. The molecule has 4 atom stereocenters. The van der Waals surface area contributed by atoms with E-state index in [0.29, 0.717) is 25.8 Å². The highest BCUT2D eigenvalue weighted by molar-refractivity contribution is 5.86. The van der Waals surface area contributed by atoms with Crippen molar-refractivity contribution in [3.05, 3.63) is 48.6 Å². The number of hydrogen-bond acceptors (Lipinski definition) is 6. The Morgan fingerprint density at radius 1 is 1.28 bits per heavy atom. The van der Waals surface area contributed by atoms with Crippen molar-refractivity contribution in [2.45, 2.75) is 58.2 Å². The fourth-order valence-corrected chi connectivity index (χ4v) is 3.48. The maximum absolute atomic E-state index is 13.0. The molecule has 0 spiro atoms. The topological polar surface area (TPSA) is 129 Å². The fourth-order valence-electron chi connectivity index (χ4n) is 3.48. The smallest absolute Gasteiger partial charge is 0.408 e. The van der Waals surface area contributed by atoms with Crippen LogP contribution in [-0.2, 0) is 20.9 Å². The molecule has 1 aliphatic heterocycles. The SMILES string of the molecule is C=CC(O)N[C@H](C[C@@H]1CCNC1=O)NC(=O)[C@H](CC(C)C)NC(=O)OCc1ccccc1. The van der Waals surface area contributed by atoms with Gasteiger partial charge in [-0.2, -0.15) is 0 Å². The van der Waals surface area contributed by atoms with Crippen LogP contribution < -0.4 is 21.3 Å². The van der Waals surface area contributed by atoms with Gasteiger partial charge in [0.05, 0.1) is 6.17 Å². The van der Waals surface area contributed by atoms with Crippen LogP contribution in [0.1, 0.15) is 38.7 Å². The Hall–Kier alpha value is -2.91. The molecule has 1 aromatic rings. The molecule has 3 amide bonds. The van der Waals surface area contributed by atoms with E-state index >= 15 is 0 Å².